The van der Waals surface area contributed by atoms with Gasteiger partial charge in [0.2, 0.25) is 0 Å². The molecule has 0 saturated heterocycles. The SMILES string of the molecule is COC(=O)CNC1CCC(C)C(C)C1. The minimum absolute atomic E-state index is 0.170. The number of rotatable bonds is 3. The van der Waals surface area contributed by atoms with Gasteiger partial charge in [-0.2, -0.15) is 0 Å². The van der Waals surface area contributed by atoms with E-state index in [9.17, 15) is 4.79 Å². The van der Waals surface area contributed by atoms with Crippen LogP contribution in [0, 0.1) is 11.8 Å². The van der Waals surface area contributed by atoms with Gasteiger partial charge < -0.3 is 10.1 Å². The minimum Gasteiger partial charge on any atom is -0.468 e. The molecule has 1 aliphatic rings. The van der Waals surface area contributed by atoms with Gasteiger partial charge >= 0.3 is 5.97 Å². The fourth-order valence-corrected chi connectivity index (χ4v) is 2.03. The number of nitrogens with one attached hydrogen (secondary N) is 1. The highest BCUT2D eigenvalue weighted by Gasteiger charge is 2.24. The van der Waals surface area contributed by atoms with Crippen LogP contribution in [0.15, 0.2) is 0 Å². The van der Waals surface area contributed by atoms with Crippen molar-refractivity contribution in [1.82, 2.24) is 5.32 Å². The summed E-state index contributed by atoms with van der Waals surface area (Å²) in [5.74, 6) is 1.42. The zero-order chi connectivity index (χ0) is 10.6. The van der Waals surface area contributed by atoms with Gasteiger partial charge in [0.25, 0.3) is 0 Å². The van der Waals surface area contributed by atoms with E-state index in [0.29, 0.717) is 12.6 Å². The fourth-order valence-electron chi connectivity index (χ4n) is 2.03. The molecule has 1 aliphatic carbocycles. The van der Waals surface area contributed by atoms with Crippen molar-refractivity contribution >= 4 is 5.97 Å². The number of carbonyl (C=O) groups is 1. The molecule has 3 unspecified atom stereocenters. The summed E-state index contributed by atoms with van der Waals surface area (Å²) in [6.45, 7) is 4.94. The summed E-state index contributed by atoms with van der Waals surface area (Å²) in [5.41, 5.74) is 0. The van der Waals surface area contributed by atoms with Gasteiger partial charge in [-0.25, -0.2) is 0 Å². The quantitative estimate of drug-likeness (QED) is 0.701. The Labute approximate surface area is 86.2 Å². The van der Waals surface area contributed by atoms with Gasteiger partial charge in [0.15, 0.2) is 0 Å². The van der Waals surface area contributed by atoms with Crippen molar-refractivity contribution < 1.29 is 9.53 Å². The summed E-state index contributed by atoms with van der Waals surface area (Å²) in [5, 5.41) is 3.25. The van der Waals surface area contributed by atoms with Crippen LogP contribution in [0.1, 0.15) is 33.1 Å². The van der Waals surface area contributed by atoms with Gasteiger partial charge in [-0.05, 0) is 31.1 Å². The third-order valence-electron chi connectivity index (χ3n) is 3.36. The Hall–Kier alpha value is -0.570. The molecule has 0 aliphatic heterocycles. The molecule has 0 aromatic carbocycles. The van der Waals surface area contributed by atoms with Crippen molar-refractivity contribution in [2.24, 2.45) is 11.8 Å². The van der Waals surface area contributed by atoms with E-state index < -0.39 is 0 Å². The molecule has 0 spiro atoms. The van der Waals surface area contributed by atoms with Crippen LogP contribution < -0.4 is 5.32 Å². The molecule has 0 amide bonds. The predicted octanol–water partition coefficient (Wildman–Crippen LogP) is 1.57. The Morgan fingerprint density at radius 1 is 1.36 bits per heavy atom. The highest BCUT2D eigenvalue weighted by molar-refractivity contribution is 5.71. The number of esters is 1. The lowest BCUT2D eigenvalue weighted by Crippen LogP contribution is -2.39. The standard InChI is InChI=1S/C11H21NO2/c1-8-4-5-10(6-9(8)2)12-7-11(13)14-3/h8-10,12H,4-7H2,1-3H3. The zero-order valence-electron chi connectivity index (χ0n) is 9.38. The monoisotopic (exact) mass is 199 g/mol. The van der Waals surface area contributed by atoms with Crippen molar-refractivity contribution in [3.63, 3.8) is 0 Å². The van der Waals surface area contributed by atoms with E-state index in [2.05, 4.69) is 23.9 Å². The molecule has 82 valence electrons. The largest absolute Gasteiger partial charge is 0.468 e. The first kappa shape index (κ1) is 11.5. The Morgan fingerprint density at radius 2 is 2.07 bits per heavy atom. The molecule has 3 atom stereocenters. The Bertz CT molecular complexity index is 194. The third-order valence-corrected chi connectivity index (χ3v) is 3.36. The highest BCUT2D eigenvalue weighted by atomic mass is 16.5. The van der Waals surface area contributed by atoms with Crippen LogP contribution in [0.5, 0.6) is 0 Å². The highest BCUT2D eigenvalue weighted by Crippen LogP contribution is 2.29. The van der Waals surface area contributed by atoms with Gasteiger partial charge in [-0.3, -0.25) is 4.79 Å². The first-order valence-electron chi connectivity index (χ1n) is 5.43. The van der Waals surface area contributed by atoms with E-state index in [1.54, 1.807) is 0 Å². The third kappa shape index (κ3) is 3.29. The molecule has 1 rings (SSSR count). The molecule has 0 aromatic heterocycles. The van der Waals surface area contributed by atoms with Crippen LogP contribution in [0.2, 0.25) is 0 Å². The maximum absolute atomic E-state index is 10.9. The average Bonchev–Trinajstić information content (AvgIpc) is 2.19. The number of methoxy groups -OCH3 is 1. The lowest BCUT2D eigenvalue weighted by atomic mass is 9.79. The van der Waals surface area contributed by atoms with Gasteiger partial charge in [0.05, 0.1) is 13.7 Å². The summed E-state index contributed by atoms with van der Waals surface area (Å²) >= 11 is 0. The van der Waals surface area contributed by atoms with Gasteiger partial charge in [0, 0.05) is 6.04 Å². The van der Waals surface area contributed by atoms with E-state index in [4.69, 9.17) is 0 Å². The molecule has 14 heavy (non-hydrogen) atoms. The molecule has 1 N–H and O–H groups in total. The minimum atomic E-state index is -0.170. The van der Waals surface area contributed by atoms with Crippen LogP contribution >= 0.6 is 0 Å². The Kier molecular flexibility index (Phi) is 4.39. The van der Waals surface area contributed by atoms with Gasteiger partial charge in [-0.15, -0.1) is 0 Å². The normalized spacial score (nSPS) is 32.6. The molecule has 0 bridgehead atoms. The van der Waals surface area contributed by atoms with E-state index in [-0.39, 0.29) is 5.97 Å². The molecule has 0 radical (unpaired) electrons. The van der Waals surface area contributed by atoms with Crippen LogP contribution in [0.3, 0.4) is 0 Å². The summed E-state index contributed by atoms with van der Waals surface area (Å²) in [6, 6.07) is 0.500. The van der Waals surface area contributed by atoms with E-state index in [1.807, 2.05) is 0 Å². The zero-order valence-corrected chi connectivity index (χ0v) is 9.38. The first-order chi connectivity index (χ1) is 6.63. The molecule has 1 saturated carbocycles. The average molecular weight is 199 g/mol. The van der Waals surface area contributed by atoms with Crippen LogP contribution in [0.4, 0.5) is 0 Å². The van der Waals surface area contributed by atoms with Crippen molar-refractivity contribution in [2.75, 3.05) is 13.7 Å². The second-order valence-electron chi connectivity index (χ2n) is 4.42. The molecule has 3 heteroatoms. The topological polar surface area (TPSA) is 38.3 Å². The number of hydrogen-bond donors (Lipinski definition) is 1. The second kappa shape index (κ2) is 5.35. The summed E-state index contributed by atoms with van der Waals surface area (Å²) in [4.78, 5) is 10.9. The number of hydrogen-bond acceptors (Lipinski definition) is 3. The Morgan fingerprint density at radius 3 is 2.64 bits per heavy atom. The maximum Gasteiger partial charge on any atom is 0.319 e. The predicted molar refractivity (Wildman–Crippen MR) is 56.0 cm³/mol. The molecule has 0 heterocycles. The summed E-state index contributed by atoms with van der Waals surface area (Å²) in [7, 11) is 1.43. The van der Waals surface area contributed by atoms with Crippen molar-refractivity contribution in [3.05, 3.63) is 0 Å². The molecular formula is C11H21NO2. The molecular weight excluding hydrogens is 178 g/mol. The lowest BCUT2D eigenvalue weighted by Gasteiger charge is -2.32. The summed E-state index contributed by atoms with van der Waals surface area (Å²) < 4.78 is 4.59. The van der Waals surface area contributed by atoms with Gasteiger partial charge in [-0.1, -0.05) is 13.8 Å². The van der Waals surface area contributed by atoms with E-state index >= 15 is 0 Å². The first-order valence-corrected chi connectivity index (χ1v) is 5.43. The van der Waals surface area contributed by atoms with E-state index in [1.165, 1.54) is 26.4 Å². The van der Waals surface area contributed by atoms with Crippen LogP contribution in [-0.4, -0.2) is 25.7 Å². The summed E-state index contributed by atoms with van der Waals surface area (Å²) in [6.07, 6.45) is 3.63. The molecule has 3 nitrogen and oxygen atoms in total. The van der Waals surface area contributed by atoms with Gasteiger partial charge in [0.1, 0.15) is 0 Å². The van der Waals surface area contributed by atoms with Crippen LogP contribution in [0.25, 0.3) is 0 Å². The fraction of sp³-hybridized carbons (Fsp3) is 0.909. The molecule has 1 fully saturated rings. The lowest BCUT2D eigenvalue weighted by molar-refractivity contribution is -0.139. The second-order valence-corrected chi connectivity index (χ2v) is 4.42. The van der Waals surface area contributed by atoms with Crippen molar-refractivity contribution in [1.29, 1.82) is 0 Å². The van der Waals surface area contributed by atoms with Crippen LogP contribution in [-0.2, 0) is 9.53 Å². The molecule has 0 aromatic rings. The van der Waals surface area contributed by atoms with Crippen molar-refractivity contribution in [3.8, 4) is 0 Å². The smallest absolute Gasteiger partial charge is 0.319 e. The number of ether oxygens (including phenoxy) is 1. The van der Waals surface area contributed by atoms with Crippen molar-refractivity contribution in [2.45, 2.75) is 39.2 Å². The Balaban J connectivity index is 2.23. The number of carbonyl (C=O) groups excluding carboxylic acids is 1. The van der Waals surface area contributed by atoms with E-state index in [0.717, 1.165) is 11.8 Å². The maximum atomic E-state index is 10.9.